The first-order valence-corrected chi connectivity index (χ1v) is 5.54. The van der Waals surface area contributed by atoms with Crippen molar-refractivity contribution in [3.63, 3.8) is 0 Å². The summed E-state index contributed by atoms with van der Waals surface area (Å²) >= 11 is 0. The lowest BCUT2D eigenvalue weighted by atomic mass is 10.3. The van der Waals surface area contributed by atoms with Gasteiger partial charge >= 0.3 is 0 Å². The van der Waals surface area contributed by atoms with Crippen LogP contribution in [-0.4, -0.2) is 48.0 Å². The van der Waals surface area contributed by atoms with Gasteiger partial charge < -0.3 is 15.2 Å². The van der Waals surface area contributed by atoms with Crippen LogP contribution in [0.25, 0.3) is 0 Å². The zero-order valence-corrected chi connectivity index (χ0v) is 10.2. The first kappa shape index (κ1) is 12.7. The number of carbonyl (C=O) groups is 1. The Hall–Kier alpha value is -1.36. The zero-order chi connectivity index (χ0) is 12.0. The molecule has 1 aromatic heterocycles. The zero-order valence-electron chi connectivity index (χ0n) is 10.2. The molecule has 0 unspecified atom stereocenters. The van der Waals surface area contributed by atoms with Crippen LogP contribution in [0.15, 0.2) is 6.20 Å². The van der Waals surface area contributed by atoms with E-state index in [0.717, 1.165) is 25.2 Å². The van der Waals surface area contributed by atoms with Crippen molar-refractivity contribution in [1.29, 1.82) is 0 Å². The van der Waals surface area contributed by atoms with Gasteiger partial charge in [0.15, 0.2) is 0 Å². The number of rotatable bonds is 6. The Kier molecular flexibility index (Phi) is 4.98. The Bertz CT molecular complexity index is 332. The first-order valence-electron chi connectivity index (χ1n) is 5.54. The van der Waals surface area contributed by atoms with Gasteiger partial charge in [-0.05, 0) is 40.4 Å². The third kappa shape index (κ3) is 4.44. The number of carbonyl (C=O) groups excluding carboxylic acids is 1. The van der Waals surface area contributed by atoms with Gasteiger partial charge in [-0.25, -0.2) is 4.98 Å². The summed E-state index contributed by atoms with van der Waals surface area (Å²) in [5.74, 6) is 0.684. The van der Waals surface area contributed by atoms with E-state index >= 15 is 0 Å². The van der Waals surface area contributed by atoms with Gasteiger partial charge in [0.1, 0.15) is 11.5 Å². The number of H-pyrrole nitrogens is 1. The molecular formula is C11H20N4O. The van der Waals surface area contributed by atoms with Crippen molar-refractivity contribution in [2.45, 2.75) is 19.8 Å². The van der Waals surface area contributed by atoms with Crippen molar-refractivity contribution in [1.82, 2.24) is 20.2 Å². The van der Waals surface area contributed by atoms with Crippen molar-refractivity contribution >= 4 is 5.91 Å². The van der Waals surface area contributed by atoms with Crippen LogP contribution >= 0.6 is 0 Å². The van der Waals surface area contributed by atoms with Crippen LogP contribution in [0.4, 0.5) is 0 Å². The number of aryl methyl sites for hydroxylation is 1. The van der Waals surface area contributed by atoms with Crippen molar-refractivity contribution in [3.8, 4) is 0 Å². The van der Waals surface area contributed by atoms with Crippen LogP contribution in [0.3, 0.4) is 0 Å². The Morgan fingerprint density at radius 2 is 2.25 bits per heavy atom. The molecule has 0 radical (unpaired) electrons. The monoisotopic (exact) mass is 224 g/mol. The fourth-order valence-corrected chi connectivity index (χ4v) is 1.39. The van der Waals surface area contributed by atoms with Crippen LogP contribution in [0, 0.1) is 6.92 Å². The summed E-state index contributed by atoms with van der Waals surface area (Å²) in [5, 5.41) is 2.86. The molecule has 0 aromatic carbocycles. The fraction of sp³-hybridized carbons (Fsp3) is 0.636. The van der Waals surface area contributed by atoms with E-state index in [9.17, 15) is 4.79 Å². The summed E-state index contributed by atoms with van der Waals surface area (Å²) < 4.78 is 0. The molecule has 1 amide bonds. The number of amides is 1. The number of nitrogens with one attached hydrogen (secondary N) is 2. The highest BCUT2D eigenvalue weighted by Crippen LogP contribution is 1.96. The van der Waals surface area contributed by atoms with Crippen LogP contribution < -0.4 is 5.32 Å². The molecule has 2 N–H and O–H groups in total. The summed E-state index contributed by atoms with van der Waals surface area (Å²) in [6.07, 6.45) is 3.65. The topological polar surface area (TPSA) is 61.0 Å². The van der Waals surface area contributed by atoms with E-state index in [2.05, 4.69) is 20.2 Å². The minimum Gasteiger partial charge on any atom is -0.351 e. The van der Waals surface area contributed by atoms with Gasteiger partial charge in [0, 0.05) is 6.54 Å². The molecule has 0 bridgehead atoms. The number of imidazole rings is 1. The van der Waals surface area contributed by atoms with Gasteiger partial charge in [0.25, 0.3) is 5.91 Å². The van der Waals surface area contributed by atoms with E-state index in [1.807, 2.05) is 21.0 Å². The molecule has 1 aromatic rings. The second kappa shape index (κ2) is 6.27. The average molecular weight is 224 g/mol. The van der Waals surface area contributed by atoms with Crippen molar-refractivity contribution in [3.05, 3.63) is 17.7 Å². The lowest BCUT2D eigenvalue weighted by Crippen LogP contribution is -2.25. The summed E-state index contributed by atoms with van der Waals surface area (Å²) in [5.41, 5.74) is 0.533. The molecule has 0 saturated carbocycles. The number of aromatic nitrogens is 2. The van der Waals surface area contributed by atoms with E-state index in [0.29, 0.717) is 12.2 Å². The van der Waals surface area contributed by atoms with Gasteiger partial charge in [-0.2, -0.15) is 0 Å². The largest absolute Gasteiger partial charge is 0.351 e. The van der Waals surface area contributed by atoms with E-state index in [-0.39, 0.29) is 5.91 Å². The van der Waals surface area contributed by atoms with Crippen LogP contribution in [0.2, 0.25) is 0 Å². The van der Waals surface area contributed by atoms with E-state index in [1.165, 1.54) is 0 Å². The fourth-order valence-electron chi connectivity index (χ4n) is 1.39. The predicted octanol–water partition coefficient (Wildman–Crippen LogP) is 0.790. The van der Waals surface area contributed by atoms with Gasteiger partial charge in [-0.1, -0.05) is 0 Å². The molecule has 1 rings (SSSR count). The quantitative estimate of drug-likeness (QED) is 0.702. The molecule has 0 aliphatic carbocycles. The highest BCUT2D eigenvalue weighted by atomic mass is 16.1. The molecule has 0 spiro atoms. The molecular weight excluding hydrogens is 204 g/mol. The minimum atomic E-state index is -0.0783. The summed E-state index contributed by atoms with van der Waals surface area (Å²) in [6.45, 7) is 3.59. The third-order valence-electron chi connectivity index (χ3n) is 2.27. The first-order chi connectivity index (χ1) is 7.59. The van der Waals surface area contributed by atoms with Gasteiger partial charge in [0.05, 0.1) is 6.20 Å². The lowest BCUT2D eigenvalue weighted by molar-refractivity contribution is 0.0948. The predicted molar refractivity (Wildman–Crippen MR) is 63.4 cm³/mol. The van der Waals surface area contributed by atoms with Crippen molar-refractivity contribution in [2.24, 2.45) is 0 Å². The normalized spacial score (nSPS) is 10.8. The summed E-state index contributed by atoms with van der Waals surface area (Å²) in [6, 6.07) is 0. The van der Waals surface area contributed by atoms with E-state index in [1.54, 1.807) is 6.20 Å². The van der Waals surface area contributed by atoms with Crippen LogP contribution in [0.5, 0.6) is 0 Å². The molecule has 90 valence electrons. The maximum absolute atomic E-state index is 11.6. The van der Waals surface area contributed by atoms with Crippen molar-refractivity contribution < 1.29 is 4.79 Å². The molecule has 5 heteroatoms. The maximum atomic E-state index is 11.6. The number of nitrogens with zero attached hydrogens (tertiary/aromatic N) is 2. The summed E-state index contributed by atoms with van der Waals surface area (Å²) in [4.78, 5) is 20.6. The van der Waals surface area contributed by atoms with Gasteiger partial charge in [0.2, 0.25) is 0 Å². The molecule has 5 nitrogen and oxygen atoms in total. The van der Waals surface area contributed by atoms with Crippen molar-refractivity contribution in [2.75, 3.05) is 27.2 Å². The molecule has 0 atom stereocenters. The van der Waals surface area contributed by atoms with Gasteiger partial charge in [-0.3, -0.25) is 4.79 Å². The lowest BCUT2D eigenvalue weighted by Gasteiger charge is -2.08. The van der Waals surface area contributed by atoms with Crippen LogP contribution in [-0.2, 0) is 0 Å². The Morgan fingerprint density at radius 1 is 1.50 bits per heavy atom. The molecule has 0 fully saturated rings. The smallest absolute Gasteiger partial charge is 0.269 e. The highest BCUT2D eigenvalue weighted by Gasteiger charge is 2.06. The second-order valence-electron chi connectivity index (χ2n) is 4.15. The molecule has 0 saturated heterocycles. The number of aromatic amines is 1. The van der Waals surface area contributed by atoms with Crippen LogP contribution in [0.1, 0.15) is 29.2 Å². The standard InChI is InChI=1S/C11H20N4O/c1-9-13-8-10(14-9)11(16)12-6-4-5-7-15(2)3/h8H,4-7H2,1-3H3,(H,12,16)(H,13,14). The number of hydrogen-bond acceptors (Lipinski definition) is 3. The Balaban J connectivity index is 2.16. The Morgan fingerprint density at radius 3 is 2.81 bits per heavy atom. The number of unbranched alkanes of at least 4 members (excludes halogenated alkanes) is 1. The summed E-state index contributed by atoms with van der Waals surface area (Å²) in [7, 11) is 4.10. The number of hydrogen-bond donors (Lipinski definition) is 2. The van der Waals surface area contributed by atoms with Gasteiger partial charge in [-0.15, -0.1) is 0 Å². The molecule has 0 aliphatic rings. The molecule has 0 aliphatic heterocycles. The SMILES string of the molecule is Cc1ncc(C(=O)NCCCCN(C)C)[nH]1. The highest BCUT2D eigenvalue weighted by molar-refractivity contribution is 5.92. The average Bonchev–Trinajstić information content (AvgIpc) is 2.63. The van der Waals surface area contributed by atoms with E-state index in [4.69, 9.17) is 0 Å². The second-order valence-corrected chi connectivity index (χ2v) is 4.15. The maximum Gasteiger partial charge on any atom is 0.269 e. The van der Waals surface area contributed by atoms with E-state index < -0.39 is 0 Å². The molecule has 1 heterocycles. The Labute approximate surface area is 96.3 Å². The minimum absolute atomic E-state index is 0.0783. The third-order valence-corrected chi connectivity index (χ3v) is 2.27. The molecule has 16 heavy (non-hydrogen) atoms.